The van der Waals surface area contributed by atoms with Gasteiger partial charge < -0.3 is 14.8 Å². The summed E-state index contributed by atoms with van der Waals surface area (Å²) in [5.74, 6) is 4.92. The van der Waals surface area contributed by atoms with E-state index in [9.17, 15) is 9.59 Å². The molecular weight excluding hydrogens is 498 g/mol. The number of carbonyl (C=O) groups is 2. The second-order valence-corrected chi connectivity index (χ2v) is 14.9. The molecule has 0 aliphatic heterocycles. The lowest BCUT2D eigenvalue weighted by molar-refractivity contribution is -0.140. The van der Waals surface area contributed by atoms with Crippen molar-refractivity contribution < 1.29 is 19.1 Å². The molecule has 4 rings (SSSR count). The lowest BCUT2D eigenvalue weighted by Gasteiger charge is -2.58. The van der Waals surface area contributed by atoms with Crippen LogP contribution in [-0.4, -0.2) is 31.8 Å². The Kier molecular flexibility index (Phi) is 10.7. The van der Waals surface area contributed by atoms with Crippen molar-refractivity contribution in [3.8, 4) is 0 Å². The fourth-order valence-electron chi connectivity index (χ4n) is 9.81. The van der Waals surface area contributed by atoms with E-state index in [4.69, 9.17) is 4.74 Å². The molecule has 0 spiro atoms. The first-order valence-electron chi connectivity index (χ1n) is 16.8. The van der Waals surface area contributed by atoms with Gasteiger partial charge in [-0.05, 0) is 104 Å². The van der Waals surface area contributed by atoms with Crippen LogP contribution in [0.3, 0.4) is 0 Å². The summed E-state index contributed by atoms with van der Waals surface area (Å²) in [6, 6.07) is 0. The molecule has 3 unspecified atom stereocenters. The molecule has 0 aromatic rings. The van der Waals surface area contributed by atoms with Crippen LogP contribution in [-0.2, 0) is 14.3 Å². The first-order chi connectivity index (χ1) is 19.1. The Morgan fingerprint density at radius 2 is 1.77 bits per heavy atom. The van der Waals surface area contributed by atoms with Crippen molar-refractivity contribution >= 4 is 12.1 Å². The molecule has 40 heavy (non-hydrogen) atoms. The number of methoxy groups -OCH3 is 1. The summed E-state index contributed by atoms with van der Waals surface area (Å²) >= 11 is 0. The van der Waals surface area contributed by atoms with E-state index in [-0.39, 0.29) is 23.6 Å². The van der Waals surface area contributed by atoms with E-state index >= 15 is 0 Å². The van der Waals surface area contributed by atoms with Crippen molar-refractivity contribution in [3.63, 3.8) is 0 Å². The van der Waals surface area contributed by atoms with Crippen LogP contribution in [0.25, 0.3) is 0 Å². The molecule has 3 saturated carbocycles. The molecule has 0 aromatic carbocycles. The zero-order chi connectivity index (χ0) is 28.9. The Morgan fingerprint density at radius 3 is 2.52 bits per heavy atom. The molecule has 4 aliphatic rings. The van der Waals surface area contributed by atoms with Gasteiger partial charge in [0.15, 0.2) is 0 Å². The molecule has 0 heterocycles. The zero-order valence-electron chi connectivity index (χ0n) is 26.6. The third kappa shape index (κ3) is 6.92. The standard InChI is InChI=1S/C35H59NO4/c1-24(2)11-10-12-25(3)29-16-17-30-28-15-14-26-23-27(18-20-34(26,4)31(28)19-21-35(29,30)5)40-33(38)36-22-9-7-8-13-32(37)39-6/h14,24-25,27-31H,7-13,15-23H2,1-6H3,(H,36,38)/t25-,27+,28?,29-,30?,31?,34+,35-/m1/s1. The summed E-state index contributed by atoms with van der Waals surface area (Å²) in [6.45, 7) is 13.1. The van der Waals surface area contributed by atoms with Crippen molar-refractivity contribution in [2.45, 2.75) is 137 Å². The number of carbonyl (C=O) groups excluding carboxylic acids is 2. The highest BCUT2D eigenvalue weighted by Gasteiger charge is 2.59. The molecule has 5 heteroatoms. The molecule has 0 radical (unpaired) electrons. The second-order valence-electron chi connectivity index (χ2n) is 14.9. The third-order valence-electron chi connectivity index (χ3n) is 12.1. The molecule has 1 amide bonds. The first-order valence-corrected chi connectivity index (χ1v) is 16.8. The van der Waals surface area contributed by atoms with Gasteiger partial charge in [-0.2, -0.15) is 0 Å². The summed E-state index contributed by atoms with van der Waals surface area (Å²) in [4.78, 5) is 23.7. The summed E-state index contributed by atoms with van der Waals surface area (Å²) < 4.78 is 10.6. The molecule has 4 aliphatic carbocycles. The molecule has 8 atom stereocenters. The van der Waals surface area contributed by atoms with Crippen LogP contribution in [0, 0.1) is 46.3 Å². The maximum absolute atomic E-state index is 12.5. The number of esters is 1. The van der Waals surface area contributed by atoms with E-state index in [0.29, 0.717) is 18.4 Å². The van der Waals surface area contributed by atoms with E-state index in [2.05, 4.69) is 50.7 Å². The van der Waals surface area contributed by atoms with Gasteiger partial charge in [-0.15, -0.1) is 0 Å². The van der Waals surface area contributed by atoms with Gasteiger partial charge in [0.25, 0.3) is 0 Å². The first kappa shape index (κ1) is 31.4. The Hall–Kier alpha value is -1.52. The van der Waals surface area contributed by atoms with Gasteiger partial charge in [0.05, 0.1) is 7.11 Å². The predicted octanol–water partition coefficient (Wildman–Crippen LogP) is 8.86. The summed E-state index contributed by atoms with van der Waals surface area (Å²) in [7, 11) is 1.42. The second kappa shape index (κ2) is 13.6. The highest BCUT2D eigenvalue weighted by Crippen LogP contribution is 2.67. The van der Waals surface area contributed by atoms with Gasteiger partial charge in [-0.3, -0.25) is 4.79 Å². The number of ether oxygens (including phenoxy) is 2. The van der Waals surface area contributed by atoms with E-state index in [0.717, 1.165) is 74.0 Å². The van der Waals surface area contributed by atoms with Crippen LogP contribution in [0.15, 0.2) is 11.6 Å². The molecule has 5 nitrogen and oxygen atoms in total. The van der Waals surface area contributed by atoms with Crippen molar-refractivity contribution in [2.75, 3.05) is 13.7 Å². The Labute approximate surface area is 245 Å². The fraction of sp³-hybridized carbons (Fsp3) is 0.886. The van der Waals surface area contributed by atoms with Gasteiger partial charge in [-0.25, -0.2) is 4.79 Å². The minimum Gasteiger partial charge on any atom is -0.469 e. The summed E-state index contributed by atoms with van der Waals surface area (Å²) in [6.07, 6.45) is 19.4. The number of hydrogen-bond donors (Lipinski definition) is 1. The predicted molar refractivity (Wildman–Crippen MR) is 162 cm³/mol. The number of allylic oxidation sites excluding steroid dienone is 1. The number of amides is 1. The van der Waals surface area contributed by atoms with E-state index in [1.54, 1.807) is 5.57 Å². The van der Waals surface area contributed by atoms with Gasteiger partial charge in [0, 0.05) is 19.4 Å². The average molecular weight is 558 g/mol. The molecule has 0 saturated heterocycles. The molecule has 0 bridgehead atoms. The van der Waals surface area contributed by atoms with Crippen molar-refractivity contribution in [1.82, 2.24) is 5.32 Å². The number of unbranched alkanes of at least 4 members (excludes halogenated alkanes) is 2. The Balaban J connectivity index is 1.27. The van der Waals surface area contributed by atoms with Crippen molar-refractivity contribution in [1.29, 1.82) is 0 Å². The lowest BCUT2D eigenvalue weighted by atomic mass is 9.47. The van der Waals surface area contributed by atoms with Crippen LogP contribution < -0.4 is 5.32 Å². The Bertz CT molecular complexity index is 898. The fourth-order valence-corrected chi connectivity index (χ4v) is 9.81. The molecule has 0 aromatic heterocycles. The van der Waals surface area contributed by atoms with Crippen LogP contribution >= 0.6 is 0 Å². The summed E-state index contributed by atoms with van der Waals surface area (Å²) in [5, 5.41) is 2.92. The highest BCUT2D eigenvalue weighted by atomic mass is 16.6. The average Bonchev–Trinajstić information content (AvgIpc) is 3.27. The van der Waals surface area contributed by atoms with Crippen LogP contribution in [0.5, 0.6) is 0 Å². The number of fused-ring (bicyclic) bond motifs is 5. The third-order valence-corrected chi connectivity index (χ3v) is 12.1. The van der Waals surface area contributed by atoms with Gasteiger partial charge in [-0.1, -0.05) is 72.0 Å². The van der Waals surface area contributed by atoms with Crippen LogP contribution in [0.1, 0.15) is 131 Å². The minimum absolute atomic E-state index is 0.00777. The maximum atomic E-state index is 12.5. The maximum Gasteiger partial charge on any atom is 0.407 e. The quantitative estimate of drug-likeness (QED) is 0.148. The zero-order valence-corrected chi connectivity index (χ0v) is 26.6. The van der Waals surface area contributed by atoms with E-state index < -0.39 is 0 Å². The van der Waals surface area contributed by atoms with Crippen LogP contribution in [0.4, 0.5) is 4.79 Å². The number of alkyl carbamates (subject to hydrolysis) is 1. The SMILES string of the molecule is COC(=O)CCCCCNC(=O)O[C@H]1CC[C@@]2(C)C(=CCC3C2CC[C@@]2(C)C3CC[C@@H]2[C@H](C)CCCC(C)C)C1. The number of hydrogen-bond acceptors (Lipinski definition) is 4. The molecule has 228 valence electrons. The van der Waals surface area contributed by atoms with Crippen LogP contribution in [0.2, 0.25) is 0 Å². The number of nitrogens with one attached hydrogen (secondary N) is 1. The molecular formula is C35H59NO4. The molecule has 3 fully saturated rings. The largest absolute Gasteiger partial charge is 0.469 e. The van der Waals surface area contributed by atoms with Crippen molar-refractivity contribution in [2.24, 2.45) is 46.3 Å². The van der Waals surface area contributed by atoms with E-state index in [1.807, 2.05) is 0 Å². The highest BCUT2D eigenvalue weighted by molar-refractivity contribution is 5.69. The minimum atomic E-state index is -0.288. The normalized spacial score (nSPS) is 35.7. The number of rotatable bonds is 12. The summed E-state index contributed by atoms with van der Waals surface area (Å²) in [5.41, 5.74) is 2.37. The van der Waals surface area contributed by atoms with Gasteiger partial charge in [0.1, 0.15) is 6.10 Å². The van der Waals surface area contributed by atoms with Gasteiger partial charge in [0.2, 0.25) is 0 Å². The Morgan fingerprint density at radius 1 is 0.975 bits per heavy atom. The monoisotopic (exact) mass is 557 g/mol. The van der Waals surface area contributed by atoms with Gasteiger partial charge >= 0.3 is 12.1 Å². The van der Waals surface area contributed by atoms with Crippen molar-refractivity contribution in [3.05, 3.63) is 11.6 Å². The van der Waals surface area contributed by atoms with E-state index in [1.165, 1.54) is 58.5 Å². The smallest absolute Gasteiger partial charge is 0.407 e. The molecule has 1 N–H and O–H groups in total. The lowest BCUT2D eigenvalue weighted by Crippen LogP contribution is -2.51. The topological polar surface area (TPSA) is 64.6 Å².